The molecule has 0 spiro atoms. The number of phenols is 1. The van der Waals surface area contributed by atoms with Crippen molar-refractivity contribution in [1.29, 1.82) is 0 Å². The fraction of sp³-hybridized carbons (Fsp3) is 0.316. The summed E-state index contributed by atoms with van der Waals surface area (Å²) in [6.45, 7) is 0.943. The summed E-state index contributed by atoms with van der Waals surface area (Å²) >= 11 is 1.06. The highest BCUT2D eigenvalue weighted by Crippen LogP contribution is 2.37. The molecule has 0 fully saturated rings. The number of carboxylic acid groups (broad SMARTS) is 1. The fourth-order valence-corrected chi connectivity index (χ4v) is 5.01. The first-order chi connectivity index (χ1) is 14.3. The minimum absolute atomic E-state index is 0.0441. The maximum absolute atomic E-state index is 12.6. The second kappa shape index (κ2) is 7.69. The van der Waals surface area contributed by atoms with Crippen LogP contribution in [0.4, 0.5) is 5.00 Å². The largest absolute Gasteiger partial charge is 0.508 e. The van der Waals surface area contributed by atoms with Crippen LogP contribution in [0.3, 0.4) is 0 Å². The number of carboxylic acids is 1. The zero-order valence-corrected chi connectivity index (χ0v) is 16.4. The highest BCUT2D eigenvalue weighted by Gasteiger charge is 2.34. The lowest BCUT2D eigenvalue weighted by molar-refractivity contribution is -0.141. The summed E-state index contributed by atoms with van der Waals surface area (Å²) < 4.78 is 0. The predicted molar refractivity (Wildman–Crippen MR) is 105 cm³/mol. The standard InChI is InChI=1S/C19H19N3O7S/c23-12-3-1-2-9-11(12)7-22(17(9)25)6-8-4-10-13(5-20-8)30-16(14(10)18(26)27)21-15(24)19(28)29/h1-3,8,19-20,23,28-29H,4-7H2,(H,21,24)(H,26,27). The Morgan fingerprint density at radius 1 is 1.30 bits per heavy atom. The van der Waals surface area contributed by atoms with E-state index in [-0.39, 0.29) is 34.8 Å². The molecule has 2 aliphatic rings. The van der Waals surface area contributed by atoms with Crippen LogP contribution in [0.15, 0.2) is 18.2 Å². The Labute approximate surface area is 174 Å². The van der Waals surface area contributed by atoms with Gasteiger partial charge >= 0.3 is 5.97 Å². The quantitative estimate of drug-likeness (QED) is 0.361. The second-order valence-electron chi connectivity index (χ2n) is 7.15. The summed E-state index contributed by atoms with van der Waals surface area (Å²) in [6.07, 6.45) is -1.94. The van der Waals surface area contributed by atoms with Crippen LogP contribution in [0.25, 0.3) is 0 Å². The molecule has 10 nitrogen and oxygen atoms in total. The normalized spacial score (nSPS) is 17.8. The zero-order chi connectivity index (χ0) is 21.6. The molecule has 0 saturated heterocycles. The Morgan fingerprint density at radius 2 is 2.07 bits per heavy atom. The zero-order valence-electron chi connectivity index (χ0n) is 15.6. The van der Waals surface area contributed by atoms with Gasteiger partial charge in [0.15, 0.2) is 0 Å². The molecule has 158 valence electrons. The Bertz CT molecular complexity index is 1050. The van der Waals surface area contributed by atoms with Crippen molar-refractivity contribution in [2.45, 2.75) is 31.8 Å². The SMILES string of the molecule is O=C(O)c1c(NC(=O)C(O)O)sc2c1CC(CN1Cc3c(O)cccc3C1=O)NC2. The van der Waals surface area contributed by atoms with Gasteiger partial charge in [-0.3, -0.25) is 9.59 Å². The van der Waals surface area contributed by atoms with Crippen molar-refractivity contribution in [2.75, 3.05) is 11.9 Å². The molecule has 4 rings (SSSR count). The van der Waals surface area contributed by atoms with Crippen LogP contribution in [0.2, 0.25) is 0 Å². The number of aromatic carboxylic acids is 1. The first kappa shape index (κ1) is 20.3. The average Bonchev–Trinajstić information content (AvgIpc) is 3.20. The molecular weight excluding hydrogens is 414 g/mol. The number of hydrogen-bond donors (Lipinski definition) is 6. The first-order valence-electron chi connectivity index (χ1n) is 9.14. The van der Waals surface area contributed by atoms with Gasteiger partial charge in [0.05, 0.1) is 12.1 Å². The molecule has 3 heterocycles. The molecule has 2 aliphatic heterocycles. The molecule has 2 aromatic rings. The molecule has 1 atom stereocenters. The molecular formula is C19H19N3O7S. The van der Waals surface area contributed by atoms with Gasteiger partial charge in [-0.15, -0.1) is 11.3 Å². The van der Waals surface area contributed by atoms with E-state index in [4.69, 9.17) is 10.2 Å². The van der Waals surface area contributed by atoms with Gasteiger partial charge in [-0.25, -0.2) is 4.79 Å². The molecule has 1 aromatic carbocycles. The van der Waals surface area contributed by atoms with Gasteiger partial charge in [0, 0.05) is 35.1 Å². The maximum atomic E-state index is 12.6. The topological polar surface area (TPSA) is 159 Å². The molecule has 30 heavy (non-hydrogen) atoms. The van der Waals surface area contributed by atoms with E-state index in [9.17, 15) is 24.6 Å². The van der Waals surface area contributed by atoms with Gasteiger partial charge in [0.25, 0.3) is 11.8 Å². The highest BCUT2D eigenvalue weighted by molar-refractivity contribution is 7.17. The number of carbonyl (C=O) groups is 3. The number of amides is 2. The van der Waals surface area contributed by atoms with Crippen LogP contribution in [0.5, 0.6) is 5.75 Å². The van der Waals surface area contributed by atoms with Crippen molar-refractivity contribution in [1.82, 2.24) is 10.2 Å². The van der Waals surface area contributed by atoms with Gasteiger partial charge in [-0.2, -0.15) is 0 Å². The summed E-state index contributed by atoms with van der Waals surface area (Å²) in [7, 11) is 0. The van der Waals surface area contributed by atoms with Crippen molar-refractivity contribution >= 4 is 34.1 Å². The molecule has 0 bridgehead atoms. The molecule has 11 heteroatoms. The number of thiophene rings is 1. The number of anilines is 1. The Balaban J connectivity index is 1.53. The molecule has 2 amide bonds. The number of fused-ring (bicyclic) bond motifs is 2. The Morgan fingerprint density at radius 3 is 2.73 bits per heavy atom. The van der Waals surface area contributed by atoms with E-state index >= 15 is 0 Å². The molecule has 0 radical (unpaired) electrons. The van der Waals surface area contributed by atoms with E-state index < -0.39 is 18.2 Å². The van der Waals surface area contributed by atoms with Crippen molar-refractivity contribution in [3.8, 4) is 5.75 Å². The van der Waals surface area contributed by atoms with Gasteiger partial charge in [-0.05, 0) is 24.1 Å². The van der Waals surface area contributed by atoms with Crippen LogP contribution in [0, 0.1) is 0 Å². The van der Waals surface area contributed by atoms with E-state index in [0.29, 0.717) is 36.2 Å². The van der Waals surface area contributed by atoms with Crippen LogP contribution in [-0.4, -0.2) is 62.0 Å². The van der Waals surface area contributed by atoms with Gasteiger partial charge in [0.2, 0.25) is 6.29 Å². The number of phenolic OH excluding ortho intramolecular Hbond substituents is 1. The lowest BCUT2D eigenvalue weighted by Gasteiger charge is -2.28. The minimum atomic E-state index is -2.25. The lowest BCUT2D eigenvalue weighted by Crippen LogP contribution is -2.44. The Hall–Kier alpha value is -2.99. The minimum Gasteiger partial charge on any atom is -0.508 e. The highest BCUT2D eigenvalue weighted by atomic mass is 32.1. The van der Waals surface area contributed by atoms with Crippen molar-refractivity contribution in [2.24, 2.45) is 0 Å². The number of aliphatic hydroxyl groups is 2. The van der Waals surface area contributed by atoms with Gasteiger partial charge in [-0.1, -0.05) is 6.07 Å². The Kier molecular flexibility index (Phi) is 5.20. The molecule has 1 aromatic heterocycles. The molecule has 0 aliphatic carbocycles. The maximum Gasteiger partial charge on any atom is 0.339 e. The fourth-order valence-electron chi connectivity index (χ4n) is 3.83. The number of benzene rings is 1. The van der Waals surface area contributed by atoms with Crippen LogP contribution in [-0.2, 0) is 24.3 Å². The van der Waals surface area contributed by atoms with Crippen molar-refractivity contribution in [3.05, 3.63) is 45.3 Å². The number of nitrogens with one attached hydrogen (secondary N) is 2. The molecule has 1 unspecified atom stereocenters. The summed E-state index contributed by atoms with van der Waals surface area (Å²) in [4.78, 5) is 38.4. The van der Waals surface area contributed by atoms with E-state index in [1.807, 2.05) is 0 Å². The third-order valence-corrected chi connectivity index (χ3v) is 6.38. The smallest absolute Gasteiger partial charge is 0.339 e. The van der Waals surface area contributed by atoms with Crippen molar-refractivity contribution < 1.29 is 34.8 Å². The monoisotopic (exact) mass is 433 g/mol. The van der Waals surface area contributed by atoms with Gasteiger partial charge < -0.3 is 36.0 Å². The first-order valence-corrected chi connectivity index (χ1v) is 9.96. The summed E-state index contributed by atoms with van der Waals surface area (Å²) in [5.41, 5.74) is 1.50. The van der Waals surface area contributed by atoms with Gasteiger partial charge in [0.1, 0.15) is 10.8 Å². The number of aliphatic hydroxyl groups excluding tert-OH is 1. The average molecular weight is 433 g/mol. The summed E-state index contributed by atoms with van der Waals surface area (Å²) in [6, 6.07) is 4.59. The van der Waals surface area contributed by atoms with Crippen LogP contribution in [0.1, 0.15) is 36.7 Å². The lowest BCUT2D eigenvalue weighted by atomic mass is 9.97. The van der Waals surface area contributed by atoms with E-state index in [0.717, 1.165) is 16.2 Å². The van der Waals surface area contributed by atoms with E-state index in [1.165, 1.54) is 6.07 Å². The number of carbonyl (C=O) groups excluding carboxylic acids is 2. The van der Waals surface area contributed by atoms with Crippen LogP contribution < -0.4 is 10.6 Å². The second-order valence-corrected chi connectivity index (χ2v) is 8.25. The third-order valence-electron chi connectivity index (χ3n) is 5.24. The van der Waals surface area contributed by atoms with E-state index in [1.54, 1.807) is 17.0 Å². The predicted octanol–water partition coefficient (Wildman–Crippen LogP) is 0.0714. The number of nitrogens with zero attached hydrogens (tertiary/aromatic N) is 1. The number of aromatic hydroxyl groups is 1. The van der Waals surface area contributed by atoms with E-state index in [2.05, 4.69) is 10.6 Å². The van der Waals surface area contributed by atoms with Crippen LogP contribution >= 0.6 is 11.3 Å². The summed E-state index contributed by atoms with van der Waals surface area (Å²) in [5.74, 6) is -2.46. The molecule has 0 saturated carbocycles. The number of hydrogen-bond acceptors (Lipinski definition) is 8. The third kappa shape index (κ3) is 3.52. The summed E-state index contributed by atoms with van der Waals surface area (Å²) in [5, 5.41) is 43.1. The number of rotatable bonds is 5. The molecule has 6 N–H and O–H groups in total. The van der Waals surface area contributed by atoms with Crippen molar-refractivity contribution in [3.63, 3.8) is 0 Å².